The molecule has 2 heterocycles. The normalized spacial score (nSPS) is 16.2. The third-order valence-electron chi connectivity index (χ3n) is 7.02. The van der Waals surface area contributed by atoms with Gasteiger partial charge in [-0.05, 0) is 85.8 Å². The molecule has 0 radical (unpaired) electrons. The van der Waals surface area contributed by atoms with Crippen LogP contribution in [0.25, 0.3) is 0 Å². The molecule has 2 aliphatic heterocycles. The Balaban J connectivity index is 1.19. The summed E-state index contributed by atoms with van der Waals surface area (Å²) in [5, 5.41) is 3.48. The monoisotopic (exact) mass is 537 g/mol. The third kappa shape index (κ3) is 5.36. The van der Waals surface area contributed by atoms with Gasteiger partial charge in [0.2, 0.25) is 5.91 Å². The fourth-order valence-electron chi connectivity index (χ4n) is 4.95. The van der Waals surface area contributed by atoms with Gasteiger partial charge in [-0.1, -0.05) is 29.8 Å². The number of anilines is 2. The third-order valence-corrected chi connectivity index (χ3v) is 9.10. The lowest BCUT2D eigenvalue weighted by molar-refractivity contribution is -0.121. The van der Waals surface area contributed by atoms with E-state index in [0.717, 1.165) is 24.1 Å². The average molecular weight is 538 g/mol. The summed E-state index contributed by atoms with van der Waals surface area (Å²) in [6.07, 6.45) is 2.76. The van der Waals surface area contributed by atoms with Crippen LogP contribution in [0.1, 0.15) is 35.2 Å². The molecular formula is C28H28ClN3O4S. The summed E-state index contributed by atoms with van der Waals surface area (Å²) >= 11 is 5.91. The number of fused-ring (bicyclic) bond motifs is 1. The predicted octanol–water partition coefficient (Wildman–Crippen LogP) is 4.97. The van der Waals surface area contributed by atoms with E-state index in [0.29, 0.717) is 48.7 Å². The van der Waals surface area contributed by atoms with Gasteiger partial charge >= 0.3 is 0 Å². The Labute approximate surface area is 222 Å². The number of hydrogen-bond donors (Lipinski definition) is 1. The Hall–Kier alpha value is -3.36. The van der Waals surface area contributed by atoms with Crippen molar-refractivity contribution in [3.63, 3.8) is 0 Å². The van der Waals surface area contributed by atoms with Gasteiger partial charge in [-0.25, -0.2) is 8.42 Å². The fraction of sp³-hybridized carbons (Fsp3) is 0.286. The summed E-state index contributed by atoms with van der Waals surface area (Å²) in [5.41, 5.74) is 2.88. The van der Waals surface area contributed by atoms with Crippen LogP contribution in [0.2, 0.25) is 5.02 Å². The van der Waals surface area contributed by atoms with Gasteiger partial charge in [0, 0.05) is 41.8 Å². The van der Waals surface area contributed by atoms with Gasteiger partial charge in [-0.15, -0.1) is 0 Å². The molecule has 1 fully saturated rings. The van der Waals surface area contributed by atoms with E-state index >= 15 is 0 Å². The molecule has 3 aromatic carbocycles. The van der Waals surface area contributed by atoms with Crippen LogP contribution >= 0.6 is 11.6 Å². The highest BCUT2D eigenvalue weighted by Gasteiger charge is 2.30. The van der Waals surface area contributed by atoms with Crippen LogP contribution in [-0.2, 0) is 21.2 Å². The molecule has 0 saturated carbocycles. The Kier molecular flexibility index (Phi) is 7.22. The molecule has 37 heavy (non-hydrogen) atoms. The van der Waals surface area contributed by atoms with E-state index in [1.807, 2.05) is 24.3 Å². The number of aryl methyl sites for hydroxylation is 1. The number of benzene rings is 3. The number of amides is 2. The van der Waals surface area contributed by atoms with E-state index in [2.05, 4.69) is 5.32 Å². The zero-order valence-electron chi connectivity index (χ0n) is 20.3. The van der Waals surface area contributed by atoms with E-state index < -0.39 is 10.0 Å². The molecule has 2 amide bonds. The maximum absolute atomic E-state index is 13.3. The van der Waals surface area contributed by atoms with Crippen molar-refractivity contribution in [2.24, 2.45) is 5.92 Å². The van der Waals surface area contributed by atoms with Gasteiger partial charge in [-0.3, -0.25) is 13.9 Å². The first-order valence-electron chi connectivity index (χ1n) is 12.4. The molecule has 2 aliphatic rings. The lowest BCUT2D eigenvalue weighted by atomic mass is 9.95. The maximum Gasteiger partial charge on any atom is 0.264 e. The largest absolute Gasteiger partial charge is 0.339 e. The number of halogens is 1. The molecular weight excluding hydrogens is 510 g/mol. The molecule has 0 aliphatic carbocycles. The Morgan fingerprint density at radius 1 is 0.865 bits per heavy atom. The Morgan fingerprint density at radius 3 is 2.24 bits per heavy atom. The number of likely N-dealkylation sites (tertiary alicyclic amines) is 1. The van der Waals surface area contributed by atoms with Crippen molar-refractivity contribution in [2.45, 2.75) is 30.6 Å². The van der Waals surface area contributed by atoms with Gasteiger partial charge in [0.25, 0.3) is 15.9 Å². The van der Waals surface area contributed by atoms with Crippen LogP contribution in [-0.4, -0.2) is 44.8 Å². The number of nitrogens with one attached hydrogen (secondary N) is 1. The highest BCUT2D eigenvalue weighted by Crippen LogP contribution is 2.32. The summed E-state index contributed by atoms with van der Waals surface area (Å²) in [5.74, 6) is -0.412. The van der Waals surface area contributed by atoms with Crippen LogP contribution in [0, 0.1) is 5.92 Å². The van der Waals surface area contributed by atoms with Crippen LogP contribution in [0.3, 0.4) is 0 Å². The zero-order valence-corrected chi connectivity index (χ0v) is 21.8. The number of para-hydroxylation sites is 1. The van der Waals surface area contributed by atoms with E-state index in [-0.39, 0.29) is 22.6 Å². The first-order valence-corrected chi connectivity index (χ1v) is 14.2. The Bertz CT molecular complexity index is 1400. The minimum absolute atomic E-state index is 0.0661. The summed E-state index contributed by atoms with van der Waals surface area (Å²) in [6.45, 7) is 1.43. The summed E-state index contributed by atoms with van der Waals surface area (Å²) < 4.78 is 28.1. The molecule has 0 unspecified atom stereocenters. The molecule has 1 N–H and O–H groups in total. The van der Waals surface area contributed by atoms with E-state index in [1.54, 1.807) is 41.3 Å². The van der Waals surface area contributed by atoms with E-state index in [1.165, 1.54) is 16.4 Å². The molecule has 7 nitrogen and oxygen atoms in total. The van der Waals surface area contributed by atoms with Crippen LogP contribution in [0.5, 0.6) is 0 Å². The van der Waals surface area contributed by atoms with Crippen molar-refractivity contribution < 1.29 is 18.0 Å². The maximum atomic E-state index is 13.3. The number of piperidine rings is 1. The van der Waals surface area contributed by atoms with E-state index in [9.17, 15) is 18.0 Å². The summed E-state index contributed by atoms with van der Waals surface area (Å²) in [4.78, 5) is 27.5. The van der Waals surface area contributed by atoms with Crippen molar-refractivity contribution in [1.82, 2.24) is 4.90 Å². The number of sulfonamides is 1. The number of hydrogen-bond acceptors (Lipinski definition) is 4. The Morgan fingerprint density at radius 2 is 1.54 bits per heavy atom. The first kappa shape index (κ1) is 25.3. The number of nitrogens with zero attached hydrogens (tertiary/aromatic N) is 2. The van der Waals surface area contributed by atoms with Crippen molar-refractivity contribution in [1.29, 1.82) is 0 Å². The molecule has 5 rings (SSSR count). The minimum Gasteiger partial charge on any atom is -0.339 e. The first-order chi connectivity index (χ1) is 17.8. The van der Waals surface area contributed by atoms with Gasteiger partial charge < -0.3 is 10.2 Å². The molecule has 1 saturated heterocycles. The quantitative estimate of drug-likeness (QED) is 0.497. The van der Waals surface area contributed by atoms with Crippen LogP contribution < -0.4 is 9.62 Å². The van der Waals surface area contributed by atoms with Crippen molar-refractivity contribution >= 4 is 44.8 Å². The second-order valence-corrected chi connectivity index (χ2v) is 11.7. The number of carbonyl (C=O) groups is 2. The molecule has 0 aromatic heterocycles. The van der Waals surface area contributed by atoms with Crippen molar-refractivity contribution in [3.05, 3.63) is 88.9 Å². The van der Waals surface area contributed by atoms with Gasteiger partial charge in [0.1, 0.15) is 0 Å². The fourth-order valence-corrected chi connectivity index (χ4v) is 6.62. The van der Waals surface area contributed by atoms with Gasteiger partial charge in [0.15, 0.2) is 0 Å². The van der Waals surface area contributed by atoms with Gasteiger partial charge in [0.05, 0.1) is 10.6 Å². The lowest BCUT2D eigenvalue weighted by Gasteiger charge is -2.31. The zero-order chi connectivity index (χ0) is 26.0. The molecule has 0 spiro atoms. The standard InChI is InChI=1S/C28H28ClN3O4S/c29-23-9-7-22(8-10-23)28(34)31-18-15-21(16-19-31)27(33)30-24-11-13-25(14-12-24)37(35,36)32-17-3-5-20-4-1-2-6-26(20)32/h1-2,4,6-14,21H,3,5,15-19H2,(H,30,33). The van der Waals surface area contributed by atoms with E-state index in [4.69, 9.17) is 11.6 Å². The highest BCUT2D eigenvalue weighted by molar-refractivity contribution is 7.92. The SMILES string of the molecule is O=C(Nc1ccc(S(=O)(=O)N2CCCc3ccccc32)cc1)C1CCN(C(=O)c2ccc(Cl)cc2)CC1. The van der Waals surface area contributed by atoms with Crippen LogP contribution in [0.4, 0.5) is 11.4 Å². The summed E-state index contributed by atoms with van der Waals surface area (Å²) in [6, 6.07) is 20.7. The highest BCUT2D eigenvalue weighted by atomic mass is 35.5. The minimum atomic E-state index is -3.70. The molecule has 9 heteroatoms. The second-order valence-electron chi connectivity index (χ2n) is 9.40. The number of rotatable bonds is 5. The second kappa shape index (κ2) is 10.6. The summed E-state index contributed by atoms with van der Waals surface area (Å²) in [7, 11) is -3.70. The molecule has 0 atom stereocenters. The average Bonchev–Trinajstić information content (AvgIpc) is 2.93. The van der Waals surface area contributed by atoms with Crippen molar-refractivity contribution in [2.75, 3.05) is 29.3 Å². The molecule has 0 bridgehead atoms. The topological polar surface area (TPSA) is 86.8 Å². The predicted molar refractivity (Wildman–Crippen MR) is 144 cm³/mol. The van der Waals surface area contributed by atoms with Gasteiger partial charge in [-0.2, -0.15) is 0 Å². The number of carbonyl (C=O) groups excluding carboxylic acids is 2. The molecule has 3 aromatic rings. The molecule has 192 valence electrons. The smallest absolute Gasteiger partial charge is 0.264 e. The lowest BCUT2D eigenvalue weighted by Crippen LogP contribution is -2.41. The van der Waals surface area contributed by atoms with Crippen LogP contribution in [0.15, 0.2) is 77.7 Å². The van der Waals surface area contributed by atoms with Crippen molar-refractivity contribution in [3.8, 4) is 0 Å².